The molecule has 4 rings (SSSR count). The van der Waals surface area contributed by atoms with Crippen LogP contribution >= 0.6 is 8.38 Å². The van der Waals surface area contributed by atoms with Crippen molar-refractivity contribution in [1.29, 1.82) is 0 Å². The third-order valence-electron chi connectivity index (χ3n) is 6.19. The average molecular weight is 506 g/mol. The normalized spacial score (nSPS) is 14.6. The van der Waals surface area contributed by atoms with Crippen molar-refractivity contribution < 1.29 is 28.1 Å². The summed E-state index contributed by atoms with van der Waals surface area (Å²) in [5, 5.41) is 4.76. The fourth-order valence-corrected chi connectivity index (χ4v) is 4.82. The molecule has 35 heavy (non-hydrogen) atoms. The van der Waals surface area contributed by atoms with Crippen molar-refractivity contribution in [2.45, 2.75) is 25.8 Å². The van der Waals surface area contributed by atoms with Gasteiger partial charge in [-0.1, -0.05) is 0 Å². The highest BCUT2D eigenvalue weighted by Crippen LogP contribution is 2.32. The summed E-state index contributed by atoms with van der Waals surface area (Å²) < 4.78 is 33.0. The Morgan fingerprint density at radius 3 is 2.60 bits per heavy atom. The van der Waals surface area contributed by atoms with Crippen LogP contribution in [0.1, 0.15) is 29.6 Å². The number of anilines is 1. The molecule has 0 unspecified atom stereocenters. The number of methoxy groups -OCH3 is 1. The molecule has 1 aromatic carbocycles. The van der Waals surface area contributed by atoms with E-state index in [1.54, 1.807) is 6.07 Å². The predicted octanol–water partition coefficient (Wildman–Crippen LogP) is 2.86. The first-order valence-electron chi connectivity index (χ1n) is 11.1. The summed E-state index contributed by atoms with van der Waals surface area (Å²) in [4.78, 5) is 50.5. The van der Waals surface area contributed by atoms with E-state index in [0.717, 1.165) is 55.2 Å². The van der Waals surface area contributed by atoms with Gasteiger partial charge in [0.25, 0.3) is 5.56 Å². The van der Waals surface area contributed by atoms with Crippen molar-refractivity contribution in [3.05, 3.63) is 58.0 Å². The number of halogens is 2. The molecule has 186 valence electrons. The number of hydrogen-bond acceptors (Lipinski definition) is 8. The summed E-state index contributed by atoms with van der Waals surface area (Å²) in [6.07, 6.45) is 4.40. The Morgan fingerprint density at radius 1 is 1.20 bits per heavy atom. The van der Waals surface area contributed by atoms with Gasteiger partial charge in [0.15, 0.2) is 25.8 Å². The molecule has 0 radical (unpaired) electrons. The van der Waals surface area contributed by atoms with Crippen LogP contribution in [0.15, 0.2) is 35.3 Å². The van der Waals surface area contributed by atoms with Crippen molar-refractivity contribution in [3.8, 4) is 5.88 Å². The van der Waals surface area contributed by atoms with Crippen LogP contribution in [0.3, 0.4) is 0 Å². The fourth-order valence-electron chi connectivity index (χ4n) is 4.23. The van der Waals surface area contributed by atoms with E-state index in [4.69, 9.17) is 14.5 Å². The Balaban J connectivity index is 1.56. The highest BCUT2D eigenvalue weighted by molar-refractivity contribution is 7.45. The second kappa shape index (κ2) is 10.7. The molecule has 1 aliphatic heterocycles. The number of Topliss-reactive ketones (excluding diaryl/α,β-unsaturated/α-hetero) is 1. The molecule has 0 atom stereocenters. The van der Waals surface area contributed by atoms with Crippen LogP contribution in [0.5, 0.6) is 5.88 Å². The molecule has 0 amide bonds. The van der Waals surface area contributed by atoms with E-state index in [1.165, 1.54) is 13.3 Å². The van der Waals surface area contributed by atoms with Crippen LogP contribution in [-0.4, -0.2) is 56.7 Å². The van der Waals surface area contributed by atoms with Crippen LogP contribution in [0.25, 0.3) is 10.8 Å². The molecule has 2 N–H and O–H groups in total. The first-order valence-corrected chi connectivity index (χ1v) is 12.5. The maximum absolute atomic E-state index is 13.5. The van der Waals surface area contributed by atoms with Crippen LogP contribution in [0.2, 0.25) is 0 Å². The molecule has 2 aromatic heterocycles. The van der Waals surface area contributed by atoms with Gasteiger partial charge in [-0.25, -0.2) is 13.5 Å². The summed E-state index contributed by atoms with van der Waals surface area (Å²) in [6, 6.07) is 4.54. The summed E-state index contributed by atoms with van der Waals surface area (Å²) in [5.41, 5.74) is -0.659. The predicted molar refractivity (Wildman–Crippen MR) is 127 cm³/mol. The number of carbonyl (C=O) groups excluding carboxylic acids is 1. The number of ketones is 1. The molecule has 0 bridgehead atoms. The van der Waals surface area contributed by atoms with Crippen LogP contribution in [0.4, 0.5) is 14.6 Å². The molecular weight excluding hydrogens is 481 g/mol. The van der Waals surface area contributed by atoms with Crippen molar-refractivity contribution in [2.24, 2.45) is 5.92 Å². The smallest absolute Gasteiger partial charge is 0.280 e. The molecule has 1 fully saturated rings. The van der Waals surface area contributed by atoms with Gasteiger partial charge in [0.1, 0.15) is 17.7 Å². The van der Waals surface area contributed by atoms with E-state index in [1.807, 2.05) is 0 Å². The van der Waals surface area contributed by atoms with E-state index >= 15 is 0 Å². The van der Waals surface area contributed by atoms with Crippen molar-refractivity contribution >= 4 is 30.7 Å². The number of aromatic nitrogens is 3. The number of rotatable bonds is 8. The number of nitrogens with zero attached hydrogens (tertiary/aromatic N) is 4. The summed E-state index contributed by atoms with van der Waals surface area (Å²) in [6.45, 7) is 1.00. The molecular formula is C23H25F2N4O5P. The molecule has 3 aromatic rings. The lowest BCUT2D eigenvalue weighted by atomic mass is 9.94. The summed E-state index contributed by atoms with van der Waals surface area (Å²) in [7, 11) is -0.469. The van der Waals surface area contributed by atoms with Gasteiger partial charge < -0.3 is 19.4 Å². The highest BCUT2D eigenvalue weighted by atomic mass is 31.2. The van der Waals surface area contributed by atoms with Crippen LogP contribution in [-0.2, 0) is 6.54 Å². The van der Waals surface area contributed by atoms with E-state index in [2.05, 4.69) is 15.0 Å². The fraction of sp³-hybridized carbons (Fsp3) is 0.391. The minimum Gasteiger partial charge on any atom is -0.480 e. The molecule has 1 aliphatic rings. The monoisotopic (exact) mass is 506 g/mol. The lowest BCUT2D eigenvalue weighted by molar-refractivity contribution is 0.0965. The van der Waals surface area contributed by atoms with Gasteiger partial charge in [-0.2, -0.15) is 10.1 Å². The molecule has 9 nitrogen and oxygen atoms in total. The van der Waals surface area contributed by atoms with Gasteiger partial charge in [-0.3, -0.25) is 9.59 Å². The zero-order valence-corrected chi connectivity index (χ0v) is 19.9. The number of carbonyl (C=O) groups is 1. The van der Waals surface area contributed by atoms with Crippen molar-refractivity contribution in [1.82, 2.24) is 14.8 Å². The minimum absolute atomic E-state index is 0.0730. The molecule has 0 aliphatic carbocycles. The molecule has 12 heteroatoms. The minimum atomic E-state index is -1.87. The maximum atomic E-state index is 13.5. The van der Waals surface area contributed by atoms with E-state index in [-0.39, 0.29) is 16.8 Å². The second-order valence-corrected chi connectivity index (χ2v) is 9.62. The summed E-state index contributed by atoms with van der Waals surface area (Å²) in [5.74, 6) is -1.66. The Bertz CT molecular complexity index is 1290. The molecule has 0 spiro atoms. The van der Waals surface area contributed by atoms with Crippen molar-refractivity contribution in [2.75, 3.05) is 31.3 Å². The van der Waals surface area contributed by atoms with Gasteiger partial charge in [0.2, 0.25) is 5.88 Å². The van der Waals surface area contributed by atoms with Crippen LogP contribution < -0.4 is 15.2 Å². The first-order chi connectivity index (χ1) is 16.8. The number of piperidine rings is 1. The topological polar surface area (TPSA) is 118 Å². The van der Waals surface area contributed by atoms with Crippen molar-refractivity contribution in [3.63, 3.8) is 0 Å². The quantitative estimate of drug-likeness (QED) is 0.354. The molecule has 3 heterocycles. The maximum Gasteiger partial charge on any atom is 0.280 e. The highest BCUT2D eigenvalue weighted by Gasteiger charge is 2.23. The largest absolute Gasteiger partial charge is 0.480 e. The van der Waals surface area contributed by atoms with Gasteiger partial charge >= 0.3 is 0 Å². The molecule has 1 saturated heterocycles. The zero-order chi connectivity index (χ0) is 25.1. The average Bonchev–Trinajstić information content (AvgIpc) is 2.85. The number of benzene rings is 1. The molecule has 0 saturated carbocycles. The Hall–Kier alpha value is -3.01. The van der Waals surface area contributed by atoms with Gasteiger partial charge in [0.05, 0.1) is 13.3 Å². The Kier molecular flexibility index (Phi) is 7.69. The third kappa shape index (κ3) is 5.63. The third-order valence-corrected chi connectivity index (χ3v) is 6.85. The van der Waals surface area contributed by atoms with E-state index < -0.39 is 37.9 Å². The lowest BCUT2D eigenvalue weighted by Gasteiger charge is -2.33. The van der Waals surface area contributed by atoms with E-state index in [0.29, 0.717) is 23.3 Å². The summed E-state index contributed by atoms with van der Waals surface area (Å²) >= 11 is 0. The SMILES string of the molecule is COc1nc(N2CCC(CCP(O)O)CC2)cc2cnn(CC(=O)c3ccc(F)c(F)c3)c(=O)c12. The zero-order valence-electron chi connectivity index (χ0n) is 19.0. The Morgan fingerprint density at radius 2 is 1.94 bits per heavy atom. The first kappa shape index (κ1) is 25.1. The standard InChI is InChI=1S/C23H25F2N4O5P/c1-34-22-21-16(11-20(27-22)28-7-4-14(5-8-28)6-9-35(32)33)12-26-29(23(21)31)13-19(30)15-2-3-17(24)18(25)10-15/h2-3,10-12,14,32-33H,4-9,13H2,1H3. The number of pyridine rings is 1. The van der Waals surface area contributed by atoms with Crippen LogP contribution in [0, 0.1) is 17.6 Å². The van der Waals surface area contributed by atoms with Gasteiger partial charge in [-0.05, 0) is 49.4 Å². The van der Waals surface area contributed by atoms with Gasteiger partial charge in [-0.15, -0.1) is 0 Å². The van der Waals surface area contributed by atoms with Gasteiger partial charge in [0, 0.05) is 30.2 Å². The number of fused-ring (bicyclic) bond motifs is 1. The second-order valence-electron chi connectivity index (χ2n) is 8.43. The number of ether oxygens (including phenoxy) is 1. The van der Waals surface area contributed by atoms with E-state index in [9.17, 15) is 18.4 Å². The number of hydrogen-bond donors (Lipinski definition) is 2. The Labute approximate surface area is 200 Å². The lowest BCUT2D eigenvalue weighted by Crippen LogP contribution is -2.34.